The third kappa shape index (κ3) is 6.13. The van der Waals surface area contributed by atoms with E-state index >= 15 is 0 Å². The molecule has 4 N–H and O–H groups in total. The molecule has 0 aliphatic carbocycles. The van der Waals surface area contributed by atoms with Crippen LogP contribution >= 0.6 is 11.3 Å². The van der Waals surface area contributed by atoms with Crippen LogP contribution in [0.15, 0.2) is 16.8 Å². The van der Waals surface area contributed by atoms with Crippen LogP contribution in [-0.2, 0) is 9.59 Å². The van der Waals surface area contributed by atoms with Crippen molar-refractivity contribution in [2.45, 2.75) is 38.1 Å². The van der Waals surface area contributed by atoms with Crippen LogP contribution in [0.1, 0.15) is 42.5 Å². The Hall–Kier alpha value is -1.93. The number of nitrogens with zero attached hydrogens (tertiary/aromatic N) is 1. The van der Waals surface area contributed by atoms with Gasteiger partial charge in [0.25, 0.3) is 5.91 Å². The zero-order valence-electron chi connectivity index (χ0n) is 14.3. The Labute approximate surface area is 151 Å². The third-order valence-corrected chi connectivity index (χ3v) is 4.94. The number of thiophene rings is 1. The zero-order chi connectivity index (χ0) is 18.1. The second kappa shape index (κ2) is 10.1. The Morgan fingerprint density at radius 2 is 2.08 bits per heavy atom. The molecule has 25 heavy (non-hydrogen) atoms. The van der Waals surface area contributed by atoms with E-state index in [1.807, 2.05) is 10.3 Å². The van der Waals surface area contributed by atoms with Crippen LogP contribution in [-0.4, -0.2) is 54.8 Å². The first kappa shape index (κ1) is 19.4. The number of hydrogen-bond donors (Lipinski definition) is 3. The van der Waals surface area contributed by atoms with E-state index in [0.29, 0.717) is 38.2 Å². The Bertz CT molecular complexity index is 576. The van der Waals surface area contributed by atoms with Crippen LogP contribution in [0.4, 0.5) is 0 Å². The number of rotatable bonds is 8. The molecule has 1 atom stereocenters. The van der Waals surface area contributed by atoms with E-state index in [1.54, 1.807) is 11.4 Å². The molecule has 1 saturated heterocycles. The molecule has 1 aliphatic heterocycles. The normalized spacial score (nSPS) is 17.2. The highest BCUT2D eigenvalue weighted by atomic mass is 32.1. The molecule has 138 valence electrons. The minimum absolute atomic E-state index is 0.0170. The van der Waals surface area contributed by atoms with Crippen LogP contribution in [0, 0.1) is 0 Å². The van der Waals surface area contributed by atoms with Gasteiger partial charge in [0.1, 0.15) is 0 Å². The first-order valence-electron chi connectivity index (χ1n) is 8.68. The maximum Gasteiger partial charge on any atom is 0.252 e. The SMILES string of the molecule is NCCC(=O)NCC1CCCCN1C(=O)CCNC(=O)c1ccsc1. The van der Waals surface area contributed by atoms with E-state index in [4.69, 9.17) is 5.73 Å². The van der Waals surface area contributed by atoms with Crippen molar-refractivity contribution < 1.29 is 14.4 Å². The number of nitrogens with one attached hydrogen (secondary N) is 2. The minimum Gasteiger partial charge on any atom is -0.354 e. The lowest BCUT2D eigenvalue weighted by molar-refractivity contribution is -0.135. The lowest BCUT2D eigenvalue weighted by atomic mass is 10.0. The lowest BCUT2D eigenvalue weighted by Crippen LogP contribution is -2.50. The number of nitrogens with two attached hydrogens (primary N) is 1. The van der Waals surface area contributed by atoms with Gasteiger partial charge in [-0.2, -0.15) is 11.3 Å². The maximum absolute atomic E-state index is 12.5. The van der Waals surface area contributed by atoms with Gasteiger partial charge in [-0.15, -0.1) is 0 Å². The lowest BCUT2D eigenvalue weighted by Gasteiger charge is -2.36. The first-order valence-corrected chi connectivity index (χ1v) is 9.62. The number of piperidine rings is 1. The average Bonchev–Trinajstić information content (AvgIpc) is 3.15. The van der Waals surface area contributed by atoms with Crippen LogP contribution < -0.4 is 16.4 Å². The summed E-state index contributed by atoms with van der Waals surface area (Å²) in [6, 6.07) is 1.78. The quantitative estimate of drug-likeness (QED) is 0.630. The van der Waals surface area contributed by atoms with Gasteiger partial charge >= 0.3 is 0 Å². The molecule has 1 aromatic heterocycles. The molecular formula is C17H26N4O3S. The van der Waals surface area contributed by atoms with Crippen LogP contribution in [0.5, 0.6) is 0 Å². The van der Waals surface area contributed by atoms with Gasteiger partial charge in [-0.05, 0) is 30.7 Å². The summed E-state index contributed by atoms with van der Waals surface area (Å²) in [5.41, 5.74) is 5.99. The number of carbonyl (C=O) groups excluding carboxylic acids is 3. The van der Waals surface area contributed by atoms with Crippen molar-refractivity contribution >= 4 is 29.1 Å². The topological polar surface area (TPSA) is 105 Å². The Morgan fingerprint density at radius 1 is 1.24 bits per heavy atom. The summed E-state index contributed by atoms with van der Waals surface area (Å²) in [4.78, 5) is 37.8. The highest BCUT2D eigenvalue weighted by Gasteiger charge is 2.26. The fourth-order valence-corrected chi connectivity index (χ4v) is 3.55. The molecule has 1 aromatic rings. The van der Waals surface area contributed by atoms with Gasteiger partial charge < -0.3 is 21.3 Å². The van der Waals surface area contributed by atoms with E-state index in [2.05, 4.69) is 10.6 Å². The van der Waals surface area contributed by atoms with Crippen LogP contribution in [0.25, 0.3) is 0 Å². The molecule has 0 bridgehead atoms. The number of amides is 3. The molecule has 0 saturated carbocycles. The van der Waals surface area contributed by atoms with Crippen molar-refractivity contribution in [2.75, 3.05) is 26.2 Å². The van der Waals surface area contributed by atoms with E-state index in [-0.39, 0.29) is 30.2 Å². The molecule has 2 rings (SSSR count). The fourth-order valence-electron chi connectivity index (χ4n) is 2.91. The van der Waals surface area contributed by atoms with Gasteiger partial charge in [0.15, 0.2) is 0 Å². The summed E-state index contributed by atoms with van der Waals surface area (Å²) < 4.78 is 0. The van der Waals surface area contributed by atoms with Crippen molar-refractivity contribution in [2.24, 2.45) is 5.73 Å². The largest absolute Gasteiger partial charge is 0.354 e. The van der Waals surface area contributed by atoms with Crippen LogP contribution in [0.3, 0.4) is 0 Å². The number of carbonyl (C=O) groups is 3. The third-order valence-electron chi connectivity index (χ3n) is 4.26. The van der Waals surface area contributed by atoms with Gasteiger partial charge in [-0.25, -0.2) is 0 Å². The second-order valence-corrected chi connectivity index (χ2v) is 6.88. The van der Waals surface area contributed by atoms with Crippen molar-refractivity contribution in [3.63, 3.8) is 0 Å². The predicted octanol–water partition coefficient (Wildman–Crippen LogP) is 0.714. The molecular weight excluding hydrogens is 340 g/mol. The molecule has 1 unspecified atom stereocenters. The standard InChI is InChI=1S/C17H26N4O3S/c18-7-4-15(22)20-11-14-3-1-2-9-21(14)16(23)5-8-19-17(24)13-6-10-25-12-13/h6,10,12,14H,1-5,7-9,11,18H2,(H,19,24)(H,20,22). The van der Waals surface area contributed by atoms with E-state index in [1.165, 1.54) is 11.3 Å². The summed E-state index contributed by atoms with van der Waals surface area (Å²) in [6.07, 6.45) is 3.48. The molecule has 0 aromatic carbocycles. The number of hydrogen-bond acceptors (Lipinski definition) is 5. The maximum atomic E-state index is 12.5. The fraction of sp³-hybridized carbons (Fsp3) is 0.588. The highest BCUT2D eigenvalue weighted by molar-refractivity contribution is 7.08. The van der Waals surface area contributed by atoms with Gasteiger partial charge in [-0.1, -0.05) is 0 Å². The first-order chi connectivity index (χ1) is 12.1. The Balaban J connectivity index is 1.77. The van der Waals surface area contributed by atoms with Gasteiger partial charge in [-0.3, -0.25) is 14.4 Å². The second-order valence-electron chi connectivity index (χ2n) is 6.10. The van der Waals surface area contributed by atoms with Gasteiger partial charge in [0, 0.05) is 56.0 Å². The molecule has 1 aliphatic rings. The molecule has 7 nitrogen and oxygen atoms in total. The van der Waals surface area contributed by atoms with Crippen LogP contribution in [0.2, 0.25) is 0 Å². The van der Waals surface area contributed by atoms with E-state index < -0.39 is 0 Å². The summed E-state index contributed by atoms with van der Waals surface area (Å²) in [6.45, 7) is 1.81. The van der Waals surface area contributed by atoms with Crippen molar-refractivity contribution in [3.05, 3.63) is 22.4 Å². The van der Waals surface area contributed by atoms with Gasteiger partial charge in [0.2, 0.25) is 11.8 Å². The Morgan fingerprint density at radius 3 is 2.80 bits per heavy atom. The summed E-state index contributed by atoms with van der Waals surface area (Å²) in [7, 11) is 0. The Kier molecular flexibility index (Phi) is 7.87. The molecule has 1 fully saturated rings. The van der Waals surface area contributed by atoms with E-state index in [0.717, 1.165) is 19.3 Å². The smallest absolute Gasteiger partial charge is 0.252 e. The molecule has 3 amide bonds. The molecule has 8 heteroatoms. The monoisotopic (exact) mass is 366 g/mol. The van der Waals surface area contributed by atoms with Crippen molar-refractivity contribution in [3.8, 4) is 0 Å². The predicted molar refractivity (Wildman–Crippen MR) is 97.3 cm³/mol. The molecule has 0 spiro atoms. The van der Waals surface area contributed by atoms with Crippen molar-refractivity contribution in [1.29, 1.82) is 0 Å². The number of likely N-dealkylation sites (tertiary alicyclic amines) is 1. The minimum atomic E-state index is -0.154. The van der Waals surface area contributed by atoms with Crippen molar-refractivity contribution in [1.82, 2.24) is 15.5 Å². The van der Waals surface area contributed by atoms with Gasteiger partial charge in [0.05, 0.1) is 0 Å². The summed E-state index contributed by atoms with van der Waals surface area (Å²) >= 11 is 1.46. The highest BCUT2D eigenvalue weighted by Crippen LogP contribution is 2.17. The molecule has 2 heterocycles. The molecule has 0 radical (unpaired) electrons. The summed E-state index contributed by atoms with van der Waals surface area (Å²) in [5, 5.41) is 9.25. The zero-order valence-corrected chi connectivity index (χ0v) is 15.1. The van der Waals surface area contributed by atoms with E-state index in [9.17, 15) is 14.4 Å². The summed E-state index contributed by atoms with van der Waals surface area (Å²) in [5.74, 6) is -0.217. The average molecular weight is 366 g/mol.